The molecule has 4 nitrogen and oxygen atoms in total. The fourth-order valence-electron chi connectivity index (χ4n) is 2.08. The summed E-state index contributed by atoms with van der Waals surface area (Å²) in [7, 11) is 0. The second-order valence-corrected chi connectivity index (χ2v) is 5.28. The van der Waals surface area contributed by atoms with E-state index >= 15 is 0 Å². The molecule has 0 aliphatic heterocycles. The van der Waals surface area contributed by atoms with Crippen LogP contribution in [0, 0.1) is 12.8 Å². The van der Waals surface area contributed by atoms with Gasteiger partial charge >= 0.3 is 0 Å². The molecule has 19 heavy (non-hydrogen) atoms. The first kappa shape index (κ1) is 15.7. The molecule has 0 saturated heterocycles. The summed E-state index contributed by atoms with van der Waals surface area (Å²) in [5.74, 6) is 3.16. The van der Waals surface area contributed by atoms with Gasteiger partial charge in [-0.2, -0.15) is 0 Å². The second kappa shape index (κ2) is 7.31. The maximum atomic E-state index is 6.03. The van der Waals surface area contributed by atoms with E-state index < -0.39 is 0 Å². The molecule has 0 saturated carbocycles. The van der Waals surface area contributed by atoms with Crippen LogP contribution < -0.4 is 10.6 Å². The Morgan fingerprint density at radius 3 is 2.42 bits per heavy atom. The van der Waals surface area contributed by atoms with Crippen LogP contribution in [0.25, 0.3) is 0 Å². The van der Waals surface area contributed by atoms with Crippen LogP contribution in [-0.2, 0) is 6.42 Å². The van der Waals surface area contributed by atoms with Crippen molar-refractivity contribution in [2.75, 3.05) is 23.7 Å². The Hall–Kier alpha value is -1.32. The third-order valence-electron chi connectivity index (χ3n) is 3.59. The van der Waals surface area contributed by atoms with Crippen molar-refractivity contribution in [2.45, 2.75) is 53.9 Å². The molecule has 0 aromatic carbocycles. The lowest BCUT2D eigenvalue weighted by Crippen LogP contribution is -2.30. The van der Waals surface area contributed by atoms with Gasteiger partial charge in [0.15, 0.2) is 0 Å². The topological polar surface area (TPSA) is 55.0 Å². The molecule has 1 rings (SSSR count). The monoisotopic (exact) mass is 264 g/mol. The number of nitrogen functional groups attached to an aromatic ring is 1. The maximum Gasteiger partial charge on any atom is 0.137 e. The molecule has 108 valence electrons. The van der Waals surface area contributed by atoms with Crippen molar-refractivity contribution >= 4 is 11.6 Å². The molecule has 2 N–H and O–H groups in total. The van der Waals surface area contributed by atoms with Crippen LogP contribution in [0.1, 0.15) is 51.9 Å². The number of aryl methyl sites for hydroxylation is 1. The number of aromatic nitrogens is 2. The van der Waals surface area contributed by atoms with Gasteiger partial charge in [-0.3, -0.25) is 0 Å². The van der Waals surface area contributed by atoms with Gasteiger partial charge in [0.2, 0.25) is 0 Å². The normalized spacial score (nSPS) is 12.5. The number of hydrogen-bond acceptors (Lipinski definition) is 4. The Morgan fingerprint density at radius 2 is 1.89 bits per heavy atom. The molecule has 1 aromatic heterocycles. The van der Waals surface area contributed by atoms with Crippen molar-refractivity contribution in [3.63, 3.8) is 0 Å². The third kappa shape index (κ3) is 4.08. The minimum atomic E-state index is 0.621. The highest BCUT2D eigenvalue weighted by Crippen LogP contribution is 2.23. The van der Waals surface area contributed by atoms with Gasteiger partial charge in [-0.05, 0) is 26.2 Å². The van der Waals surface area contributed by atoms with Crippen LogP contribution in [-0.4, -0.2) is 23.1 Å². The van der Waals surface area contributed by atoms with Crippen molar-refractivity contribution < 1.29 is 0 Å². The first-order chi connectivity index (χ1) is 9.03. The van der Waals surface area contributed by atoms with Gasteiger partial charge in [-0.1, -0.05) is 27.2 Å². The van der Waals surface area contributed by atoms with E-state index in [1.165, 1.54) is 6.42 Å². The van der Waals surface area contributed by atoms with Crippen LogP contribution in [0.5, 0.6) is 0 Å². The molecule has 0 aliphatic carbocycles. The average Bonchev–Trinajstić information content (AvgIpc) is 2.40. The summed E-state index contributed by atoms with van der Waals surface area (Å²) in [4.78, 5) is 11.4. The molecule has 0 amide bonds. The van der Waals surface area contributed by atoms with Crippen molar-refractivity contribution in [3.05, 3.63) is 11.4 Å². The van der Waals surface area contributed by atoms with Gasteiger partial charge in [0.05, 0.1) is 0 Å². The van der Waals surface area contributed by atoms with Gasteiger partial charge in [0.1, 0.15) is 17.5 Å². The molecule has 1 unspecified atom stereocenters. The minimum Gasteiger partial charge on any atom is -0.383 e. The fraction of sp³-hybridized carbons (Fsp3) is 0.733. The Labute approximate surface area is 117 Å². The summed E-state index contributed by atoms with van der Waals surface area (Å²) in [5.41, 5.74) is 7.03. The number of nitrogens with two attached hydrogens (primary N) is 1. The number of hydrogen-bond donors (Lipinski definition) is 1. The zero-order valence-corrected chi connectivity index (χ0v) is 13.0. The van der Waals surface area contributed by atoms with Gasteiger partial charge in [0, 0.05) is 25.1 Å². The Balaban J connectivity index is 3.07. The smallest absolute Gasteiger partial charge is 0.137 e. The molecule has 4 heteroatoms. The SMILES string of the molecule is CCCc1nc(N)c(C)c(N(CC)CC(C)CC)n1. The fourth-order valence-corrected chi connectivity index (χ4v) is 2.08. The molecule has 0 bridgehead atoms. The summed E-state index contributed by atoms with van der Waals surface area (Å²) >= 11 is 0. The summed E-state index contributed by atoms with van der Waals surface area (Å²) in [6, 6.07) is 0. The molecule has 0 aliphatic rings. The molecule has 0 radical (unpaired) electrons. The molecule has 0 spiro atoms. The molecule has 1 heterocycles. The lowest BCUT2D eigenvalue weighted by Gasteiger charge is -2.27. The predicted molar refractivity (Wildman–Crippen MR) is 82.5 cm³/mol. The lowest BCUT2D eigenvalue weighted by molar-refractivity contribution is 0.544. The van der Waals surface area contributed by atoms with E-state index in [1.54, 1.807) is 0 Å². The second-order valence-electron chi connectivity index (χ2n) is 5.28. The lowest BCUT2D eigenvalue weighted by atomic mass is 10.1. The highest BCUT2D eigenvalue weighted by atomic mass is 15.2. The third-order valence-corrected chi connectivity index (χ3v) is 3.59. The zero-order valence-electron chi connectivity index (χ0n) is 13.0. The van der Waals surface area contributed by atoms with Crippen molar-refractivity contribution in [3.8, 4) is 0 Å². The summed E-state index contributed by atoms with van der Waals surface area (Å²) in [5, 5.41) is 0. The Kier molecular flexibility index (Phi) is 6.06. The Bertz CT molecular complexity index is 403. The summed E-state index contributed by atoms with van der Waals surface area (Å²) in [6.45, 7) is 12.8. The summed E-state index contributed by atoms with van der Waals surface area (Å²) in [6.07, 6.45) is 3.11. The highest BCUT2D eigenvalue weighted by Gasteiger charge is 2.15. The molecule has 1 aromatic rings. The predicted octanol–water partition coefficient (Wildman–Crippen LogP) is 3.19. The van der Waals surface area contributed by atoms with E-state index in [0.29, 0.717) is 11.7 Å². The van der Waals surface area contributed by atoms with Crippen LogP contribution in [0.3, 0.4) is 0 Å². The van der Waals surface area contributed by atoms with E-state index in [4.69, 9.17) is 10.7 Å². The van der Waals surface area contributed by atoms with Crippen molar-refractivity contribution in [1.29, 1.82) is 0 Å². The van der Waals surface area contributed by atoms with E-state index in [9.17, 15) is 0 Å². The van der Waals surface area contributed by atoms with Gasteiger partial charge in [0.25, 0.3) is 0 Å². The zero-order chi connectivity index (χ0) is 14.4. The number of rotatable bonds is 7. The van der Waals surface area contributed by atoms with Crippen molar-refractivity contribution in [1.82, 2.24) is 9.97 Å². The number of nitrogens with zero attached hydrogens (tertiary/aromatic N) is 3. The van der Waals surface area contributed by atoms with Crippen LogP contribution in [0.15, 0.2) is 0 Å². The van der Waals surface area contributed by atoms with E-state index in [0.717, 1.165) is 43.1 Å². The van der Waals surface area contributed by atoms with Gasteiger partial charge in [-0.15, -0.1) is 0 Å². The van der Waals surface area contributed by atoms with E-state index in [2.05, 4.69) is 37.6 Å². The quantitative estimate of drug-likeness (QED) is 0.821. The molecule has 0 fully saturated rings. The summed E-state index contributed by atoms with van der Waals surface area (Å²) < 4.78 is 0. The van der Waals surface area contributed by atoms with Gasteiger partial charge in [-0.25, -0.2) is 9.97 Å². The first-order valence-corrected chi connectivity index (χ1v) is 7.41. The van der Waals surface area contributed by atoms with Crippen molar-refractivity contribution in [2.24, 2.45) is 5.92 Å². The molecular weight excluding hydrogens is 236 g/mol. The first-order valence-electron chi connectivity index (χ1n) is 7.41. The van der Waals surface area contributed by atoms with E-state index in [-0.39, 0.29) is 0 Å². The Morgan fingerprint density at radius 1 is 1.21 bits per heavy atom. The van der Waals surface area contributed by atoms with Gasteiger partial charge < -0.3 is 10.6 Å². The maximum absolute atomic E-state index is 6.03. The standard InChI is InChI=1S/C15H28N4/c1-6-9-13-17-14(16)12(5)15(18-13)19(8-3)10-11(4)7-2/h11H,6-10H2,1-5H3,(H2,16,17,18). The molecular formula is C15H28N4. The average molecular weight is 264 g/mol. The minimum absolute atomic E-state index is 0.621. The van der Waals surface area contributed by atoms with Crippen LogP contribution in [0.2, 0.25) is 0 Å². The largest absolute Gasteiger partial charge is 0.383 e. The molecule has 1 atom stereocenters. The van der Waals surface area contributed by atoms with E-state index in [1.807, 2.05) is 6.92 Å². The van der Waals surface area contributed by atoms with Crippen LogP contribution in [0.4, 0.5) is 11.6 Å². The number of anilines is 2. The highest BCUT2D eigenvalue weighted by molar-refractivity contribution is 5.56. The van der Waals surface area contributed by atoms with Crippen LogP contribution >= 0.6 is 0 Å².